The highest BCUT2D eigenvalue weighted by Crippen LogP contribution is 2.41. The molecule has 0 aromatic heterocycles. The quantitative estimate of drug-likeness (QED) is 0.623. The number of fused-ring (bicyclic) bond motifs is 2. The average Bonchev–Trinajstić information content (AvgIpc) is 2.54. The van der Waals surface area contributed by atoms with Gasteiger partial charge >= 0.3 is 0 Å². The molecule has 0 saturated carbocycles. The Labute approximate surface area is 164 Å². The van der Waals surface area contributed by atoms with Crippen LogP contribution in [-0.4, -0.2) is 11.1 Å². The molecule has 0 spiro atoms. The zero-order valence-corrected chi connectivity index (χ0v) is 17.7. The second-order valence-corrected chi connectivity index (χ2v) is 10.2. The Hall–Kier alpha value is -1.96. The molecule has 0 aliphatic carbocycles. The molecule has 2 unspecified atom stereocenters. The van der Waals surface area contributed by atoms with Crippen LogP contribution < -0.4 is 10.6 Å². The highest BCUT2D eigenvalue weighted by Gasteiger charge is 2.30. The first-order chi connectivity index (χ1) is 12.6. The lowest BCUT2D eigenvalue weighted by Crippen LogP contribution is -2.36. The van der Waals surface area contributed by atoms with Crippen molar-refractivity contribution in [2.45, 2.75) is 83.7 Å². The molecule has 0 saturated heterocycles. The maximum atomic E-state index is 3.70. The first kappa shape index (κ1) is 18.4. The van der Waals surface area contributed by atoms with Gasteiger partial charge in [0.2, 0.25) is 0 Å². The van der Waals surface area contributed by atoms with Crippen LogP contribution in [0.5, 0.6) is 0 Å². The third-order valence-electron chi connectivity index (χ3n) is 6.28. The summed E-state index contributed by atoms with van der Waals surface area (Å²) in [5, 5.41) is 7.41. The number of nitrogens with one attached hydrogen (secondary N) is 2. The highest BCUT2D eigenvalue weighted by molar-refractivity contribution is 5.60. The zero-order chi connectivity index (χ0) is 19.4. The van der Waals surface area contributed by atoms with Crippen LogP contribution in [-0.2, 0) is 6.42 Å². The second kappa shape index (κ2) is 6.29. The van der Waals surface area contributed by atoms with Crippen LogP contribution >= 0.6 is 0 Å². The maximum absolute atomic E-state index is 3.70. The molecule has 0 radical (unpaired) electrons. The van der Waals surface area contributed by atoms with Crippen molar-refractivity contribution in [1.82, 2.24) is 0 Å². The normalized spacial score (nSPS) is 25.0. The molecule has 0 bridgehead atoms. The summed E-state index contributed by atoms with van der Waals surface area (Å²) in [6, 6.07) is 14.0. The summed E-state index contributed by atoms with van der Waals surface area (Å²) in [6.07, 6.45) is 3.37. The van der Waals surface area contributed by atoms with Crippen molar-refractivity contribution >= 4 is 11.4 Å². The van der Waals surface area contributed by atoms with Crippen LogP contribution in [0.15, 0.2) is 36.4 Å². The Bertz CT molecular complexity index is 791. The lowest BCUT2D eigenvalue weighted by atomic mass is 9.80. The van der Waals surface area contributed by atoms with E-state index in [1.807, 2.05) is 0 Å². The van der Waals surface area contributed by atoms with Gasteiger partial charge in [0.05, 0.1) is 0 Å². The van der Waals surface area contributed by atoms with Crippen LogP contribution in [0.2, 0.25) is 0 Å². The Morgan fingerprint density at radius 3 is 1.56 bits per heavy atom. The minimum Gasteiger partial charge on any atom is -0.380 e. The number of benzene rings is 2. The summed E-state index contributed by atoms with van der Waals surface area (Å²) in [7, 11) is 0. The molecule has 2 aromatic rings. The predicted molar refractivity (Wildman–Crippen MR) is 117 cm³/mol. The monoisotopic (exact) mass is 362 g/mol. The summed E-state index contributed by atoms with van der Waals surface area (Å²) in [5.74, 6) is 1.21. The third-order valence-corrected chi connectivity index (χ3v) is 6.28. The molecule has 2 aromatic carbocycles. The van der Waals surface area contributed by atoms with Gasteiger partial charge in [-0.05, 0) is 93.2 Å². The highest BCUT2D eigenvalue weighted by atomic mass is 15.0. The standard InChI is InChI=1S/C25H34N2/c1-16-14-24(3,4)26-22-9-7-18(12-20(16)22)11-19-8-10-23-21(13-19)17(2)15-25(5,6)27-23/h7-10,12-13,16-17,26-27H,11,14-15H2,1-6H3. The summed E-state index contributed by atoms with van der Waals surface area (Å²) < 4.78 is 0. The maximum Gasteiger partial charge on any atom is 0.0379 e. The van der Waals surface area contributed by atoms with Crippen LogP contribution in [0, 0.1) is 0 Å². The van der Waals surface area contributed by atoms with E-state index in [0.29, 0.717) is 11.8 Å². The van der Waals surface area contributed by atoms with Crippen molar-refractivity contribution in [3.63, 3.8) is 0 Å². The zero-order valence-electron chi connectivity index (χ0n) is 17.7. The van der Waals surface area contributed by atoms with Gasteiger partial charge in [0.1, 0.15) is 0 Å². The van der Waals surface area contributed by atoms with E-state index in [1.165, 1.54) is 46.5 Å². The Kier molecular flexibility index (Phi) is 4.29. The average molecular weight is 363 g/mol. The van der Waals surface area contributed by atoms with E-state index >= 15 is 0 Å². The van der Waals surface area contributed by atoms with E-state index in [1.54, 1.807) is 0 Å². The molecule has 2 aliphatic rings. The minimum absolute atomic E-state index is 0.184. The van der Waals surface area contributed by atoms with Crippen molar-refractivity contribution in [1.29, 1.82) is 0 Å². The fourth-order valence-electron chi connectivity index (χ4n) is 5.31. The third kappa shape index (κ3) is 3.72. The summed E-state index contributed by atoms with van der Waals surface area (Å²) in [6.45, 7) is 13.9. The lowest BCUT2D eigenvalue weighted by molar-refractivity contribution is 0.454. The van der Waals surface area contributed by atoms with Crippen molar-refractivity contribution in [3.05, 3.63) is 58.7 Å². The Morgan fingerprint density at radius 1 is 0.741 bits per heavy atom. The van der Waals surface area contributed by atoms with Gasteiger partial charge in [-0.25, -0.2) is 0 Å². The molecule has 0 amide bonds. The number of hydrogen-bond donors (Lipinski definition) is 2. The van der Waals surface area contributed by atoms with Gasteiger partial charge < -0.3 is 10.6 Å². The number of anilines is 2. The molecular weight excluding hydrogens is 328 g/mol. The fraction of sp³-hybridized carbons (Fsp3) is 0.520. The van der Waals surface area contributed by atoms with Crippen LogP contribution in [0.3, 0.4) is 0 Å². The van der Waals surface area contributed by atoms with Crippen molar-refractivity contribution in [2.24, 2.45) is 0 Å². The van der Waals surface area contributed by atoms with E-state index in [9.17, 15) is 0 Å². The van der Waals surface area contributed by atoms with E-state index < -0.39 is 0 Å². The molecule has 4 rings (SSSR count). The van der Waals surface area contributed by atoms with Gasteiger partial charge in [0, 0.05) is 22.5 Å². The second-order valence-electron chi connectivity index (χ2n) is 10.2. The van der Waals surface area contributed by atoms with Gasteiger partial charge in [-0.15, -0.1) is 0 Å². The smallest absolute Gasteiger partial charge is 0.0379 e. The molecule has 144 valence electrons. The lowest BCUT2D eigenvalue weighted by Gasteiger charge is -2.38. The number of rotatable bonds is 2. The molecule has 2 atom stereocenters. The summed E-state index contributed by atoms with van der Waals surface area (Å²) in [4.78, 5) is 0. The van der Waals surface area contributed by atoms with Gasteiger partial charge in [0.15, 0.2) is 0 Å². The SMILES string of the molecule is CC1CC(C)(C)Nc2ccc(Cc3ccc4c(c3)C(C)CC(C)(C)N4)cc21. The molecule has 0 fully saturated rings. The van der Waals surface area contributed by atoms with Crippen molar-refractivity contribution in [2.75, 3.05) is 10.6 Å². The molecule has 2 nitrogen and oxygen atoms in total. The largest absolute Gasteiger partial charge is 0.380 e. The van der Waals surface area contributed by atoms with Crippen LogP contribution in [0.4, 0.5) is 11.4 Å². The van der Waals surface area contributed by atoms with Gasteiger partial charge in [0.25, 0.3) is 0 Å². The van der Waals surface area contributed by atoms with E-state index in [2.05, 4.69) is 88.6 Å². The predicted octanol–water partition coefficient (Wildman–Crippen LogP) is 6.67. The molecular formula is C25H34N2. The van der Waals surface area contributed by atoms with Gasteiger partial charge in [-0.2, -0.15) is 0 Å². The first-order valence-corrected chi connectivity index (χ1v) is 10.4. The molecule has 2 heterocycles. The van der Waals surface area contributed by atoms with E-state index in [-0.39, 0.29) is 11.1 Å². The van der Waals surface area contributed by atoms with Crippen molar-refractivity contribution in [3.8, 4) is 0 Å². The topological polar surface area (TPSA) is 24.1 Å². The van der Waals surface area contributed by atoms with E-state index in [0.717, 1.165) is 6.42 Å². The van der Waals surface area contributed by atoms with E-state index in [4.69, 9.17) is 0 Å². The molecule has 2 aliphatic heterocycles. The summed E-state index contributed by atoms with van der Waals surface area (Å²) >= 11 is 0. The number of hydrogen-bond acceptors (Lipinski definition) is 2. The minimum atomic E-state index is 0.184. The molecule has 2 heteroatoms. The van der Waals surface area contributed by atoms with Gasteiger partial charge in [-0.1, -0.05) is 38.1 Å². The van der Waals surface area contributed by atoms with Crippen molar-refractivity contribution < 1.29 is 0 Å². The van der Waals surface area contributed by atoms with Gasteiger partial charge in [-0.3, -0.25) is 0 Å². The fourth-order valence-corrected chi connectivity index (χ4v) is 5.31. The molecule has 27 heavy (non-hydrogen) atoms. The van der Waals surface area contributed by atoms with Crippen LogP contribution in [0.1, 0.15) is 88.5 Å². The summed E-state index contributed by atoms with van der Waals surface area (Å²) in [5.41, 5.74) is 8.77. The molecule has 2 N–H and O–H groups in total. The first-order valence-electron chi connectivity index (χ1n) is 10.4. The Morgan fingerprint density at radius 2 is 1.15 bits per heavy atom. The Balaban J connectivity index is 1.59. The van der Waals surface area contributed by atoms with Crippen LogP contribution in [0.25, 0.3) is 0 Å².